The van der Waals surface area contributed by atoms with Gasteiger partial charge in [0.25, 0.3) is 5.24 Å². The molecular weight excluding hydrogens is 259 g/mol. The van der Waals surface area contributed by atoms with Crippen molar-refractivity contribution in [1.82, 2.24) is 20.2 Å². The summed E-state index contributed by atoms with van der Waals surface area (Å²) in [5, 5.41) is 10.1. The predicted octanol–water partition coefficient (Wildman–Crippen LogP) is 1.66. The van der Waals surface area contributed by atoms with Crippen molar-refractivity contribution in [3.63, 3.8) is 0 Å². The van der Waals surface area contributed by atoms with Crippen molar-refractivity contribution in [1.29, 1.82) is 0 Å². The van der Waals surface area contributed by atoms with Gasteiger partial charge in [0.05, 0.1) is 5.57 Å². The van der Waals surface area contributed by atoms with Crippen LogP contribution in [-0.4, -0.2) is 25.4 Å². The minimum atomic E-state index is -0.683. The molecule has 0 fully saturated rings. The quantitative estimate of drug-likeness (QED) is 0.626. The van der Waals surface area contributed by atoms with Crippen molar-refractivity contribution >= 4 is 28.5 Å². The molecule has 0 bridgehead atoms. The third-order valence-corrected chi connectivity index (χ3v) is 2.46. The van der Waals surface area contributed by atoms with Gasteiger partial charge in [-0.1, -0.05) is 12.1 Å². The highest BCUT2D eigenvalue weighted by molar-refractivity contribution is 6.75. The van der Waals surface area contributed by atoms with Crippen LogP contribution in [0.25, 0.3) is 11.6 Å². The Morgan fingerprint density at radius 1 is 1.39 bits per heavy atom. The molecule has 0 aliphatic rings. The maximum absolute atomic E-state index is 12.8. The second kappa shape index (κ2) is 5.05. The van der Waals surface area contributed by atoms with Gasteiger partial charge < -0.3 is 0 Å². The molecule has 2 rings (SSSR count). The Bertz CT molecular complexity index is 606. The van der Waals surface area contributed by atoms with Crippen molar-refractivity contribution in [2.75, 3.05) is 0 Å². The van der Waals surface area contributed by atoms with E-state index in [9.17, 15) is 9.18 Å². The summed E-state index contributed by atoms with van der Waals surface area (Å²) in [6.45, 7) is 0. The van der Waals surface area contributed by atoms with Gasteiger partial charge in [0.2, 0.25) is 0 Å². The summed E-state index contributed by atoms with van der Waals surface area (Å²) in [6, 6.07) is 5.63. The molecular formula is C11H8ClFN4O. The van der Waals surface area contributed by atoms with Gasteiger partial charge in [0.15, 0.2) is 5.82 Å². The lowest BCUT2D eigenvalue weighted by atomic mass is 10.1. The van der Waals surface area contributed by atoms with Gasteiger partial charge in [-0.3, -0.25) is 4.79 Å². The number of nitrogens with zero attached hydrogens (tertiary/aromatic N) is 4. The lowest BCUT2D eigenvalue weighted by Crippen LogP contribution is -2.03. The minimum absolute atomic E-state index is 0.149. The first-order valence-corrected chi connectivity index (χ1v) is 5.35. The SMILES string of the molecule is Cn1nnnc1C(=Cc1ccc(F)cc1)C(=O)Cl. The fraction of sp³-hybridized carbons (Fsp3) is 0.0909. The van der Waals surface area contributed by atoms with Crippen LogP contribution in [0.15, 0.2) is 24.3 Å². The summed E-state index contributed by atoms with van der Waals surface area (Å²) in [4.78, 5) is 11.4. The molecule has 7 heteroatoms. The van der Waals surface area contributed by atoms with E-state index in [1.54, 1.807) is 7.05 Å². The molecule has 0 atom stereocenters. The van der Waals surface area contributed by atoms with Gasteiger partial charge in [-0.2, -0.15) is 0 Å². The predicted molar refractivity (Wildman–Crippen MR) is 63.9 cm³/mol. The number of allylic oxidation sites excluding steroid dienone is 1. The number of rotatable bonds is 3. The number of halogens is 2. The van der Waals surface area contributed by atoms with Crippen molar-refractivity contribution in [2.45, 2.75) is 0 Å². The monoisotopic (exact) mass is 266 g/mol. The smallest absolute Gasteiger partial charge is 0.256 e. The summed E-state index contributed by atoms with van der Waals surface area (Å²) in [6.07, 6.45) is 1.50. The number of carbonyl (C=O) groups excluding carboxylic acids is 1. The van der Waals surface area contributed by atoms with E-state index in [2.05, 4.69) is 15.5 Å². The zero-order valence-corrected chi connectivity index (χ0v) is 10.1. The number of hydrogen-bond donors (Lipinski definition) is 0. The molecule has 5 nitrogen and oxygen atoms in total. The van der Waals surface area contributed by atoms with Gasteiger partial charge >= 0.3 is 0 Å². The molecule has 0 N–H and O–H groups in total. The number of benzene rings is 1. The van der Waals surface area contributed by atoms with Crippen LogP contribution in [0.4, 0.5) is 4.39 Å². The Balaban J connectivity index is 2.46. The average molecular weight is 267 g/mol. The highest BCUT2D eigenvalue weighted by Gasteiger charge is 2.15. The van der Waals surface area contributed by atoms with Crippen LogP contribution in [0.5, 0.6) is 0 Å². The van der Waals surface area contributed by atoms with Crippen LogP contribution in [-0.2, 0) is 11.8 Å². The largest absolute Gasteiger partial charge is 0.275 e. The minimum Gasteiger partial charge on any atom is -0.275 e. The normalized spacial score (nSPS) is 11.6. The van der Waals surface area contributed by atoms with Crippen LogP contribution < -0.4 is 0 Å². The molecule has 0 aliphatic carbocycles. The molecule has 0 saturated heterocycles. The van der Waals surface area contributed by atoms with Crippen LogP contribution in [0.2, 0.25) is 0 Å². The zero-order valence-electron chi connectivity index (χ0n) is 9.34. The van der Waals surface area contributed by atoms with Crippen molar-refractivity contribution < 1.29 is 9.18 Å². The molecule has 0 aliphatic heterocycles. The summed E-state index contributed by atoms with van der Waals surface area (Å²) in [5.41, 5.74) is 0.777. The summed E-state index contributed by atoms with van der Waals surface area (Å²) >= 11 is 5.50. The highest BCUT2D eigenvalue weighted by atomic mass is 35.5. The van der Waals surface area contributed by atoms with Crippen LogP contribution in [0.1, 0.15) is 11.4 Å². The van der Waals surface area contributed by atoms with E-state index in [-0.39, 0.29) is 17.2 Å². The molecule has 1 heterocycles. The highest BCUT2D eigenvalue weighted by Crippen LogP contribution is 2.18. The van der Waals surface area contributed by atoms with E-state index in [0.717, 1.165) is 0 Å². The van der Waals surface area contributed by atoms with E-state index >= 15 is 0 Å². The molecule has 92 valence electrons. The zero-order chi connectivity index (χ0) is 13.1. The van der Waals surface area contributed by atoms with E-state index in [4.69, 9.17) is 11.6 Å². The first kappa shape index (κ1) is 12.4. The molecule has 1 aromatic heterocycles. The summed E-state index contributed by atoms with van der Waals surface area (Å²) < 4.78 is 14.1. The molecule has 18 heavy (non-hydrogen) atoms. The van der Waals surface area contributed by atoms with E-state index in [1.807, 2.05) is 0 Å². The first-order chi connectivity index (χ1) is 8.58. The fourth-order valence-corrected chi connectivity index (χ4v) is 1.53. The van der Waals surface area contributed by atoms with Crippen LogP contribution in [0, 0.1) is 5.82 Å². The Hall–Kier alpha value is -2.08. The topological polar surface area (TPSA) is 60.7 Å². The lowest BCUT2D eigenvalue weighted by molar-refractivity contribution is -0.106. The third kappa shape index (κ3) is 2.60. The third-order valence-electron chi connectivity index (χ3n) is 2.25. The summed E-state index contributed by atoms with van der Waals surface area (Å²) in [5.74, 6) is -0.106. The van der Waals surface area contributed by atoms with Gasteiger partial charge in [0.1, 0.15) is 5.82 Å². The average Bonchev–Trinajstić information content (AvgIpc) is 2.74. The van der Waals surface area contributed by atoms with Crippen molar-refractivity contribution in [3.8, 4) is 0 Å². The molecule has 0 unspecified atom stereocenters. The lowest BCUT2D eigenvalue weighted by Gasteiger charge is -2.00. The molecule has 0 saturated carbocycles. The Morgan fingerprint density at radius 3 is 2.56 bits per heavy atom. The standard InChI is InChI=1S/C11H8ClFN4O/c1-17-11(14-15-16-17)9(10(12)18)6-7-2-4-8(13)5-3-7/h2-6H,1H3. The second-order valence-electron chi connectivity index (χ2n) is 3.51. The van der Waals surface area contributed by atoms with Crippen LogP contribution in [0.3, 0.4) is 0 Å². The van der Waals surface area contributed by atoms with Crippen LogP contribution >= 0.6 is 11.6 Å². The number of carbonyl (C=O) groups is 1. The summed E-state index contributed by atoms with van der Waals surface area (Å²) in [7, 11) is 1.59. The second-order valence-corrected chi connectivity index (χ2v) is 3.85. The van der Waals surface area contributed by atoms with E-state index in [1.165, 1.54) is 35.0 Å². The number of aryl methyl sites for hydroxylation is 1. The number of tetrazole rings is 1. The first-order valence-electron chi connectivity index (χ1n) is 4.98. The maximum Gasteiger partial charge on any atom is 0.256 e. The van der Waals surface area contributed by atoms with Crippen molar-refractivity contribution in [2.24, 2.45) is 7.05 Å². The molecule has 1 aromatic carbocycles. The van der Waals surface area contributed by atoms with E-state index < -0.39 is 5.24 Å². The molecule has 2 aromatic rings. The molecule has 0 spiro atoms. The Morgan fingerprint density at radius 2 is 2.06 bits per heavy atom. The maximum atomic E-state index is 12.8. The number of aromatic nitrogens is 4. The fourth-order valence-electron chi connectivity index (χ4n) is 1.39. The van der Waals surface area contributed by atoms with Gasteiger partial charge in [-0.25, -0.2) is 9.07 Å². The number of hydrogen-bond acceptors (Lipinski definition) is 4. The van der Waals surface area contributed by atoms with Crippen molar-refractivity contribution in [3.05, 3.63) is 41.5 Å². The van der Waals surface area contributed by atoms with Gasteiger partial charge in [-0.15, -0.1) is 5.10 Å². The van der Waals surface area contributed by atoms with E-state index in [0.29, 0.717) is 5.56 Å². The van der Waals surface area contributed by atoms with Gasteiger partial charge in [0, 0.05) is 7.05 Å². The molecule has 0 amide bonds. The Kier molecular flexibility index (Phi) is 3.47. The van der Waals surface area contributed by atoms with Gasteiger partial charge in [-0.05, 0) is 45.8 Å². The Labute approximate surface area is 107 Å². The molecule has 0 radical (unpaired) electrons.